The summed E-state index contributed by atoms with van der Waals surface area (Å²) in [5.41, 5.74) is 0.924. The minimum atomic E-state index is 0.322. The molecule has 0 radical (unpaired) electrons. The highest BCUT2D eigenvalue weighted by Gasteiger charge is 1.87. The Morgan fingerprint density at radius 2 is 0.244 bits per heavy atom. The van der Waals surface area contributed by atoms with Crippen molar-refractivity contribution < 1.29 is 56.2 Å². The normalized spacial score (nSPS) is 8.63. The van der Waals surface area contributed by atoms with E-state index < -0.39 is 0 Å². The van der Waals surface area contributed by atoms with E-state index in [0.717, 1.165) is 5.56 Å². The van der Waals surface area contributed by atoms with E-state index in [0.29, 0.717) is 63.2 Å². The van der Waals surface area contributed by atoms with Crippen LogP contribution in [0.2, 0.25) is 0 Å². The molecule has 0 bridgehead atoms. The van der Waals surface area contributed by atoms with Crippen LogP contribution in [0.3, 0.4) is 0 Å². The second-order valence-corrected chi connectivity index (χ2v) is 15.1. The molecule has 0 aliphatic heterocycles. The van der Waals surface area contributed by atoms with Crippen molar-refractivity contribution >= 4 is 0 Å². The van der Waals surface area contributed by atoms with Crippen LogP contribution in [0.25, 0.3) is 0 Å². The first-order valence-electron chi connectivity index (χ1n) is 23.9. The summed E-state index contributed by atoms with van der Waals surface area (Å²) in [7, 11) is 0. The van der Waals surface area contributed by atoms with Gasteiger partial charge in [0.05, 0.1) is 0 Å². The highest BCUT2D eigenvalue weighted by molar-refractivity contribution is 5.30. The van der Waals surface area contributed by atoms with E-state index in [-0.39, 0.29) is 0 Å². The predicted molar refractivity (Wildman–Crippen MR) is 314 cm³/mol. The van der Waals surface area contributed by atoms with Gasteiger partial charge in [-0.05, 0) is 140 Å². The van der Waals surface area contributed by atoms with Crippen LogP contribution in [0.4, 0.5) is 0 Å². The predicted octanol–water partition coefficient (Wildman–Crippen LogP) is 15.6. The summed E-state index contributed by atoms with van der Waals surface area (Å²) < 4.78 is 0. The molecule has 0 saturated heterocycles. The summed E-state index contributed by atoms with van der Waals surface area (Å²) in [6.07, 6.45) is 0. The van der Waals surface area contributed by atoms with E-state index >= 15 is 0 Å². The maximum atomic E-state index is 8.92. The van der Waals surface area contributed by atoms with Gasteiger partial charge in [0.1, 0.15) is 63.2 Å². The Morgan fingerprint density at radius 1 is 0.141 bits per heavy atom. The summed E-state index contributed by atoms with van der Waals surface area (Å²) in [5, 5.41) is 95.2. The molecule has 402 valence electrons. The van der Waals surface area contributed by atoms with Crippen LogP contribution in [-0.2, 0) is 0 Å². The average molecular weight is 1050 g/mol. The van der Waals surface area contributed by atoms with Gasteiger partial charge < -0.3 is 56.2 Å². The lowest BCUT2D eigenvalue weighted by molar-refractivity contribution is 0.471. The van der Waals surface area contributed by atoms with Crippen LogP contribution in [0.1, 0.15) is 5.56 Å². The molecule has 0 aliphatic carbocycles. The van der Waals surface area contributed by atoms with E-state index in [2.05, 4.69) is 0 Å². The lowest BCUT2D eigenvalue weighted by Crippen LogP contribution is -1.68. The van der Waals surface area contributed by atoms with Gasteiger partial charge in [0.2, 0.25) is 0 Å². The van der Waals surface area contributed by atoms with E-state index in [1.165, 1.54) is 0 Å². The van der Waals surface area contributed by atoms with Crippen LogP contribution in [0, 0.1) is 6.92 Å². The molecule has 0 fully saturated rings. The Labute approximate surface area is 457 Å². The minimum absolute atomic E-state index is 0.322. The highest BCUT2D eigenvalue weighted by atomic mass is 16.3. The first kappa shape index (κ1) is 65.2. The van der Waals surface area contributed by atoms with Crippen molar-refractivity contribution in [1.82, 2.24) is 0 Å². The number of aromatic hydroxyl groups is 11. The third-order valence-corrected chi connectivity index (χ3v) is 8.68. The standard InChI is InChI=1S/C7H8O.10C6H6O/c1-6-4-2-3-5-7(6)8;10*7-6-4-2-1-3-5-6/h2-5,8H,1H3;10*1-5,7H. The van der Waals surface area contributed by atoms with Crippen molar-refractivity contribution in [2.45, 2.75) is 6.92 Å². The van der Waals surface area contributed by atoms with Gasteiger partial charge in [-0.25, -0.2) is 0 Å². The summed E-state index contributed by atoms with van der Waals surface area (Å²) in [5.74, 6) is 3.59. The molecule has 11 aromatic rings. The first-order chi connectivity index (χ1) is 37.7. The van der Waals surface area contributed by atoms with Crippen molar-refractivity contribution in [3.05, 3.63) is 333 Å². The van der Waals surface area contributed by atoms with Crippen LogP contribution in [0.15, 0.2) is 328 Å². The zero-order chi connectivity index (χ0) is 57.1. The van der Waals surface area contributed by atoms with Gasteiger partial charge in [-0.3, -0.25) is 0 Å². The van der Waals surface area contributed by atoms with Crippen molar-refractivity contribution in [2.24, 2.45) is 0 Å². The molecule has 0 spiro atoms. The molecule has 11 N–H and O–H groups in total. The minimum Gasteiger partial charge on any atom is -0.508 e. The summed E-state index contributed by atoms with van der Waals surface area (Å²) in [4.78, 5) is 0. The van der Waals surface area contributed by atoms with Crippen molar-refractivity contribution in [1.29, 1.82) is 0 Å². The third kappa shape index (κ3) is 41.8. The summed E-state index contributed by atoms with van der Waals surface area (Å²) in [6, 6.07) is 94.4. The van der Waals surface area contributed by atoms with E-state index in [4.69, 9.17) is 56.2 Å². The number of aryl methyl sites for hydroxylation is 1. The molecule has 11 rings (SSSR count). The molecule has 0 heterocycles. The van der Waals surface area contributed by atoms with Gasteiger partial charge in [-0.1, -0.05) is 200 Å². The molecule has 0 aromatic heterocycles. The Bertz CT molecular complexity index is 2330. The molecular weight excluding hydrogens is 981 g/mol. The van der Waals surface area contributed by atoms with Gasteiger partial charge >= 0.3 is 0 Å². The molecule has 0 amide bonds. The van der Waals surface area contributed by atoms with E-state index in [1.54, 1.807) is 249 Å². The van der Waals surface area contributed by atoms with Crippen molar-refractivity contribution in [2.75, 3.05) is 0 Å². The van der Waals surface area contributed by atoms with Gasteiger partial charge in [-0.2, -0.15) is 0 Å². The quantitative estimate of drug-likeness (QED) is 0.0686. The largest absolute Gasteiger partial charge is 0.508 e. The van der Waals surface area contributed by atoms with Gasteiger partial charge in [-0.15, -0.1) is 0 Å². The second-order valence-electron chi connectivity index (χ2n) is 15.1. The molecule has 0 atom stereocenters. The lowest BCUT2D eigenvalue weighted by atomic mass is 10.2. The lowest BCUT2D eigenvalue weighted by Gasteiger charge is -1.92. The fraction of sp³-hybridized carbons (Fsp3) is 0.0149. The fourth-order valence-electron chi connectivity index (χ4n) is 4.84. The molecule has 11 nitrogen and oxygen atoms in total. The van der Waals surface area contributed by atoms with Crippen LogP contribution in [-0.4, -0.2) is 56.2 Å². The van der Waals surface area contributed by atoms with Gasteiger partial charge in [0.15, 0.2) is 0 Å². The highest BCUT2D eigenvalue weighted by Crippen LogP contribution is 2.13. The Hall–Kier alpha value is -10.8. The number of hydrogen-bond acceptors (Lipinski definition) is 11. The molecule has 11 aromatic carbocycles. The monoisotopic (exact) mass is 1050 g/mol. The maximum absolute atomic E-state index is 8.92. The van der Waals surface area contributed by atoms with E-state index in [1.807, 2.05) is 85.8 Å². The molecule has 78 heavy (non-hydrogen) atoms. The van der Waals surface area contributed by atoms with E-state index in [9.17, 15) is 0 Å². The van der Waals surface area contributed by atoms with Crippen LogP contribution >= 0.6 is 0 Å². The fourth-order valence-corrected chi connectivity index (χ4v) is 4.84. The smallest absolute Gasteiger partial charge is 0.118 e. The number of phenolic OH excluding ortho intramolecular Hbond substituents is 11. The third-order valence-electron chi connectivity index (χ3n) is 8.68. The van der Waals surface area contributed by atoms with Crippen molar-refractivity contribution in [3.63, 3.8) is 0 Å². The number of para-hydroxylation sites is 11. The number of rotatable bonds is 0. The average Bonchev–Trinajstić information content (AvgIpc) is 3.46. The zero-order valence-corrected chi connectivity index (χ0v) is 43.1. The maximum Gasteiger partial charge on any atom is 0.118 e. The molecule has 0 unspecified atom stereocenters. The second kappa shape index (κ2) is 44.9. The molecule has 0 saturated carbocycles. The van der Waals surface area contributed by atoms with Crippen molar-refractivity contribution in [3.8, 4) is 63.2 Å². The van der Waals surface area contributed by atoms with Gasteiger partial charge in [0.25, 0.3) is 0 Å². The van der Waals surface area contributed by atoms with Crippen LogP contribution < -0.4 is 0 Å². The number of hydrogen-bond donors (Lipinski definition) is 11. The molecule has 0 aliphatic rings. The van der Waals surface area contributed by atoms with Crippen LogP contribution in [0.5, 0.6) is 63.2 Å². The molecular formula is C67H68O11. The summed E-state index contributed by atoms with van der Waals surface area (Å²) >= 11 is 0. The Kier molecular flexibility index (Phi) is 37.5. The number of phenols is 11. The number of benzene rings is 11. The Balaban J connectivity index is 0.000000429. The summed E-state index contributed by atoms with van der Waals surface area (Å²) in [6.45, 7) is 1.87. The van der Waals surface area contributed by atoms with Gasteiger partial charge in [0, 0.05) is 0 Å². The topological polar surface area (TPSA) is 223 Å². The SMILES string of the molecule is Cc1ccccc1O.Oc1ccccc1.Oc1ccccc1.Oc1ccccc1.Oc1ccccc1.Oc1ccccc1.Oc1ccccc1.Oc1ccccc1.Oc1ccccc1.Oc1ccccc1.Oc1ccccc1. The first-order valence-corrected chi connectivity index (χ1v) is 23.9. The molecule has 11 heteroatoms. The zero-order valence-electron chi connectivity index (χ0n) is 43.1. The Morgan fingerprint density at radius 3 is 0.308 bits per heavy atom.